The van der Waals surface area contributed by atoms with Gasteiger partial charge in [-0.15, -0.1) is 0 Å². The third kappa shape index (κ3) is 12.7. The van der Waals surface area contributed by atoms with E-state index < -0.39 is 6.04 Å². The third-order valence-corrected chi connectivity index (χ3v) is 26.1. The lowest BCUT2D eigenvalue weighted by atomic mass is 9.82. The maximum atomic E-state index is 8.84. The lowest BCUT2D eigenvalue weighted by molar-refractivity contribution is 0.668. The van der Waals surface area contributed by atoms with Gasteiger partial charge in [-0.3, -0.25) is 0 Å². The highest BCUT2D eigenvalue weighted by atomic mass is 16.3. The Hall–Kier alpha value is -17.2. The Morgan fingerprint density at radius 1 is 0.131 bits per heavy atom. The molecular weight excluding hydrogens is 1580 g/mol. The lowest BCUT2D eigenvalue weighted by Gasteiger charge is -2.20. The minimum atomic E-state index is -0.401. The number of para-hydroxylation sites is 3. The van der Waals surface area contributed by atoms with E-state index in [1.165, 1.54) is 104 Å². The summed E-state index contributed by atoms with van der Waals surface area (Å²) in [7, 11) is 0. The Labute approximate surface area is 756 Å². The van der Waals surface area contributed by atoms with Crippen molar-refractivity contribution in [2.45, 2.75) is 0 Å². The second-order valence-electron chi connectivity index (χ2n) is 33.3. The molecular formula is C126H78O4. The Balaban J connectivity index is 0.000000109. The largest absolute Gasteiger partial charge is 0.456 e. The summed E-state index contributed by atoms with van der Waals surface area (Å²) in [4.78, 5) is 0. The molecule has 4 nitrogen and oxygen atoms in total. The second kappa shape index (κ2) is 31.5. The molecule has 0 N–H and O–H groups in total. The molecule has 130 heavy (non-hydrogen) atoms. The average molecular weight is 1660 g/mol. The van der Waals surface area contributed by atoms with Gasteiger partial charge in [-0.25, -0.2) is 0 Å². The molecule has 23 aromatic carbocycles. The minimum absolute atomic E-state index is 0.204. The Bertz CT molecular complexity index is 9300. The lowest BCUT2D eigenvalue weighted by Crippen LogP contribution is -1.93. The van der Waals surface area contributed by atoms with Gasteiger partial charge in [0.25, 0.3) is 0 Å². The fourth-order valence-electron chi connectivity index (χ4n) is 20.5. The maximum absolute atomic E-state index is 8.84. The monoisotopic (exact) mass is 1660 g/mol. The van der Waals surface area contributed by atoms with E-state index in [0.29, 0.717) is 5.56 Å². The Kier molecular flexibility index (Phi) is 17.0. The van der Waals surface area contributed by atoms with E-state index in [9.17, 15) is 0 Å². The van der Waals surface area contributed by atoms with E-state index in [0.717, 1.165) is 148 Å². The van der Waals surface area contributed by atoms with Crippen LogP contribution in [0.3, 0.4) is 0 Å². The van der Waals surface area contributed by atoms with Gasteiger partial charge in [0, 0.05) is 54.2 Å². The zero-order valence-electron chi connectivity index (χ0n) is 75.3. The molecule has 0 spiro atoms. The van der Waals surface area contributed by atoms with Crippen LogP contribution in [0.25, 0.3) is 264 Å². The first-order valence-corrected chi connectivity index (χ1v) is 44.1. The highest BCUT2D eigenvalue weighted by Gasteiger charge is 2.28. The van der Waals surface area contributed by atoms with Gasteiger partial charge in [0.2, 0.25) is 0 Å². The van der Waals surface area contributed by atoms with Crippen LogP contribution in [0.2, 0.25) is 0 Å². The highest BCUT2D eigenvalue weighted by Crippen LogP contribution is 2.55. The van der Waals surface area contributed by atoms with Crippen LogP contribution in [0.5, 0.6) is 0 Å². The van der Waals surface area contributed by atoms with Gasteiger partial charge in [0.1, 0.15) is 44.7 Å². The molecule has 4 heteroatoms. The highest BCUT2D eigenvalue weighted by molar-refractivity contribution is 6.31. The predicted molar refractivity (Wildman–Crippen MR) is 548 cm³/mol. The van der Waals surface area contributed by atoms with E-state index in [2.05, 4.69) is 352 Å². The van der Waals surface area contributed by atoms with E-state index in [1.807, 2.05) is 91.0 Å². The van der Waals surface area contributed by atoms with Crippen molar-refractivity contribution in [2.24, 2.45) is 0 Å². The van der Waals surface area contributed by atoms with Crippen molar-refractivity contribution >= 4 is 152 Å². The minimum Gasteiger partial charge on any atom is -0.456 e. The molecule has 0 atom stereocenters. The van der Waals surface area contributed by atoms with Gasteiger partial charge in [-0.2, -0.15) is 0 Å². The molecule has 0 fully saturated rings. The molecule has 0 aliphatic heterocycles. The van der Waals surface area contributed by atoms with Crippen molar-refractivity contribution in [1.82, 2.24) is 0 Å². The zero-order valence-corrected chi connectivity index (χ0v) is 70.3. The van der Waals surface area contributed by atoms with E-state index >= 15 is 0 Å². The van der Waals surface area contributed by atoms with Gasteiger partial charge in [0.15, 0.2) is 0 Å². The molecule has 0 amide bonds. The van der Waals surface area contributed by atoms with Crippen LogP contribution < -0.4 is 0 Å². The Morgan fingerprint density at radius 3 is 0.854 bits per heavy atom. The summed E-state index contributed by atoms with van der Waals surface area (Å²) in [5.41, 5.74) is 28.8. The molecule has 0 aliphatic carbocycles. The van der Waals surface area contributed by atoms with Crippen LogP contribution in [0, 0.1) is 0 Å². The molecule has 0 radical (unpaired) electrons. The topological polar surface area (TPSA) is 52.6 Å². The van der Waals surface area contributed by atoms with Crippen molar-refractivity contribution in [3.8, 4) is 111 Å². The molecule has 0 bridgehead atoms. The molecule has 0 unspecified atom stereocenters. The molecule has 4 heterocycles. The Morgan fingerprint density at radius 2 is 0.408 bits per heavy atom. The summed E-state index contributed by atoms with van der Waals surface area (Å²) in [5.74, 6) is 0. The maximum Gasteiger partial charge on any atom is 0.136 e. The number of hydrogen-bond donors (Lipinski definition) is 0. The molecule has 4 aromatic heterocycles. The SMILES string of the molecule is [2H]c1c([2H])c([2H])c(-c2c3ccccc3c(-c3ccc4oc5ccc(-c6cccc(-c7ccccc7)c6)cc5c4c3)c3ccccc23)c([2H])c1[2H].c1ccc(-c2c3ccccc3c(-c3c(-c4ccc5c(c4)oc4ccccc45)ccc4oc5ccccc5c34)c3ccccc23)cc1.c1ccc(-c2ccc3oc4ccccc4c3c2-c2c3ccccc3c(-c3ccccc3)c3ccccc23)cc1. The van der Waals surface area contributed by atoms with Gasteiger partial charge in [-0.05, 0) is 238 Å². The number of hydrogen-bond acceptors (Lipinski definition) is 4. The fourth-order valence-corrected chi connectivity index (χ4v) is 20.5. The molecule has 27 aromatic rings. The molecule has 0 saturated heterocycles. The van der Waals surface area contributed by atoms with Gasteiger partial charge in [0.05, 0.1) is 6.85 Å². The number of rotatable bonds is 10. The summed E-state index contributed by atoms with van der Waals surface area (Å²) < 4.78 is 68.4. The quantitative estimate of drug-likeness (QED) is 0.128. The van der Waals surface area contributed by atoms with Crippen LogP contribution in [0.15, 0.2) is 491 Å². The average Bonchev–Trinajstić information content (AvgIpc) is 1.71. The normalized spacial score (nSPS) is 12.2. The summed E-state index contributed by atoms with van der Waals surface area (Å²) in [6.45, 7) is 0. The second-order valence-corrected chi connectivity index (χ2v) is 33.3. The third-order valence-electron chi connectivity index (χ3n) is 26.1. The van der Waals surface area contributed by atoms with Crippen molar-refractivity contribution < 1.29 is 24.5 Å². The van der Waals surface area contributed by atoms with Crippen LogP contribution in [0.4, 0.5) is 0 Å². The number of benzene rings is 23. The van der Waals surface area contributed by atoms with Crippen LogP contribution in [-0.2, 0) is 0 Å². The van der Waals surface area contributed by atoms with Crippen molar-refractivity contribution in [3.05, 3.63) is 473 Å². The van der Waals surface area contributed by atoms with Crippen molar-refractivity contribution in [1.29, 1.82) is 0 Å². The molecule has 27 rings (SSSR count). The van der Waals surface area contributed by atoms with Crippen molar-refractivity contribution in [3.63, 3.8) is 0 Å². The van der Waals surface area contributed by atoms with E-state index in [-0.39, 0.29) is 29.7 Å². The molecule has 606 valence electrons. The smallest absolute Gasteiger partial charge is 0.136 e. The van der Waals surface area contributed by atoms with Gasteiger partial charge < -0.3 is 17.7 Å². The summed E-state index contributed by atoms with van der Waals surface area (Å²) in [5, 5.41) is 22.2. The number of furan rings is 4. The van der Waals surface area contributed by atoms with Crippen LogP contribution in [-0.4, -0.2) is 0 Å². The molecule has 0 saturated carbocycles. The molecule has 0 aliphatic rings. The van der Waals surface area contributed by atoms with E-state index in [1.54, 1.807) is 0 Å². The predicted octanol–water partition coefficient (Wildman–Crippen LogP) is 36.2. The van der Waals surface area contributed by atoms with Gasteiger partial charge >= 0.3 is 0 Å². The van der Waals surface area contributed by atoms with Crippen LogP contribution >= 0.6 is 0 Å². The van der Waals surface area contributed by atoms with Gasteiger partial charge in [-0.1, -0.05) is 400 Å². The van der Waals surface area contributed by atoms with Crippen LogP contribution in [0.1, 0.15) is 6.85 Å². The number of fused-ring (bicyclic) bond motifs is 18. The first-order chi connectivity index (χ1) is 66.6. The summed E-state index contributed by atoms with van der Waals surface area (Å²) in [6.07, 6.45) is 0. The zero-order chi connectivity index (χ0) is 90.0. The summed E-state index contributed by atoms with van der Waals surface area (Å²) >= 11 is 0. The first kappa shape index (κ1) is 70.1. The standard InChI is InChI=1S/C44H26O2.C44H28O.C38H24O/c1-2-12-27(13-3-1)41-32-15-4-6-17-34(32)42(35-18-7-5-16-33(35)41)44-29(24-25-39-43(44)36-19-9-11-21-38(36)45-39)28-22-23-31-30-14-8-10-20-37(30)46-40(31)26-28;1-3-12-29(13-4-1)31-16-11-17-32(26-31)33-22-24-41-39(27-33)40-28-34(23-25-42(40)45-41)44-37-20-9-7-18-35(37)43(30-14-5-2-6-15-30)36-19-8-10-21-38(36)44;1-3-13-25(14-4-1)27-23-24-34-37(32-21-11-12-22-33(32)39-34)38(27)36-30-19-9-7-17-28(30)35(26-15-5-2-6-16-26)29-18-8-10-20-31(29)36/h1-26H;1-28H;1-24H/i;2D,5D,6D,14D,15D;. The van der Waals surface area contributed by atoms with Crippen molar-refractivity contribution in [2.75, 3.05) is 0 Å². The first-order valence-electron chi connectivity index (χ1n) is 46.6. The van der Waals surface area contributed by atoms with E-state index in [4.69, 9.17) is 24.5 Å². The summed E-state index contributed by atoms with van der Waals surface area (Å²) in [6, 6.07) is 154. The fraction of sp³-hybridized carbons (Fsp3) is 0.